The maximum absolute atomic E-state index is 2.44. The minimum atomic E-state index is 0.877. The van der Waals surface area contributed by atoms with Crippen molar-refractivity contribution in [2.75, 3.05) is 0 Å². The molecule has 0 aromatic rings. The zero-order valence-electron chi connectivity index (χ0n) is 15.2. The van der Waals surface area contributed by atoms with E-state index in [9.17, 15) is 0 Å². The maximum Gasteiger partial charge on any atom is -0.0346 e. The highest BCUT2D eigenvalue weighted by atomic mass is 14.1. The van der Waals surface area contributed by atoms with Gasteiger partial charge in [0, 0.05) is 0 Å². The van der Waals surface area contributed by atoms with Crippen LogP contribution in [0.3, 0.4) is 0 Å². The first-order valence-electron chi connectivity index (χ1n) is 9.11. The van der Waals surface area contributed by atoms with Gasteiger partial charge in [-0.3, -0.25) is 0 Å². The summed E-state index contributed by atoms with van der Waals surface area (Å²) >= 11 is 0. The van der Waals surface area contributed by atoms with Crippen LogP contribution in [0, 0.1) is 17.8 Å². The molecule has 0 heterocycles. The SMILES string of the molecule is CCC(C)=CCCC(C)CCCC(C)CCCC(C)C. The van der Waals surface area contributed by atoms with Gasteiger partial charge >= 0.3 is 0 Å². The molecule has 0 saturated carbocycles. The maximum atomic E-state index is 2.44. The highest BCUT2D eigenvalue weighted by Gasteiger charge is 2.06. The normalized spacial score (nSPS) is 15.7. The van der Waals surface area contributed by atoms with Crippen LogP contribution in [0.15, 0.2) is 11.6 Å². The van der Waals surface area contributed by atoms with Gasteiger partial charge < -0.3 is 0 Å². The van der Waals surface area contributed by atoms with E-state index in [2.05, 4.69) is 47.6 Å². The van der Waals surface area contributed by atoms with E-state index >= 15 is 0 Å². The smallest absolute Gasteiger partial charge is 0.0346 e. The molecule has 0 radical (unpaired) electrons. The van der Waals surface area contributed by atoms with E-state index in [1.807, 2.05) is 0 Å². The van der Waals surface area contributed by atoms with Gasteiger partial charge in [-0.2, -0.15) is 0 Å². The van der Waals surface area contributed by atoms with Crippen LogP contribution in [0.2, 0.25) is 0 Å². The summed E-state index contributed by atoms with van der Waals surface area (Å²) in [7, 11) is 0. The lowest BCUT2D eigenvalue weighted by molar-refractivity contribution is 0.393. The Kier molecular flexibility index (Phi) is 12.3. The Morgan fingerprint density at radius 2 is 1.30 bits per heavy atom. The van der Waals surface area contributed by atoms with Crippen LogP contribution in [0.5, 0.6) is 0 Å². The Labute approximate surface area is 129 Å². The van der Waals surface area contributed by atoms with Crippen LogP contribution >= 0.6 is 0 Å². The molecule has 20 heavy (non-hydrogen) atoms. The first-order chi connectivity index (χ1) is 9.45. The van der Waals surface area contributed by atoms with Gasteiger partial charge in [0.25, 0.3) is 0 Å². The topological polar surface area (TPSA) is 0 Å². The number of hydrogen-bond acceptors (Lipinski definition) is 0. The zero-order valence-corrected chi connectivity index (χ0v) is 15.2. The highest BCUT2D eigenvalue weighted by molar-refractivity contribution is 4.96. The molecular formula is C20H40. The van der Waals surface area contributed by atoms with E-state index in [-0.39, 0.29) is 0 Å². The van der Waals surface area contributed by atoms with Crippen molar-refractivity contribution in [3.63, 3.8) is 0 Å². The van der Waals surface area contributed by atoms with E-state index in [1.165, 1.54) is 57.8 Å². The first kappa shape index (κ1) is 19.7. The monoisotopic (exact) mass is 280 g/mol. The molecule has 2 atom stereocenters. The van der Waals surface area contributed by atoms with Gasteiger partial charge in [-0.1, -0.05) is 84.8 Å². The molecule has 0 spiro atoms. The zero-order chi connectivity index (χ0) is 15.4. The Bertz CT molecular complexity index is 236. The number of rotatable bonds is 12. The lowest BCUT2D eigenvalue weighted by atomic mass is 9.92. The summed E-state index contributed by atoms with van der Waals surface area (Å²) in [5, 5.41) is 0. The second kappa shape index (κ2) is 12.5. The fourth-order valence-corrected chi connectivity index (χ4v) is 2.74. The molecule has 0 amide bonds. The van der Waals surface area contributed by atoms with Crippen molar-refractivity contribution in [2.24, 2.45) is 17.8 Å². The van der Waals surface area contributed by atoms with E-state index < -0.39 is 0 Å². The summed E-state index contributed by atoms with van der Waals surface area (Å²) in [4.78, 5) is 0. The largest absolute Gasteiger partial charge is 0.0856 e. The third-order valence-electron chi connectivity index (χ3n) is 4.58. The van der Waals surface area contributed by atoms with Crippen molar-refractivity contribution < 1.29 is 0 Å². The molecule has 0 bridgehead atoms. The number of allylic oxidation sites excluding steroid dienone is 2. The summed E-state index contributed by atoms with van der Waals surface area (Å²) in [6.07, 6.45) is 14.9. The molecule has 0 aliphatic carbocycles. The number of hydrogen-bond donors (Lipinski definition) is 0. The third kappa shape index (κ3) is 12.8. The second-order valence-electron chi connectivity index (χ2n) is 7.45. The van der Waals surface area contributed by atoms with Crippen LogP contribution in [-0.4, -0.2) is 0 Å². The quantitative estimate of drug-likeness (QED) is 0.327. The van der Waals surface area contributed by atoms with E-state index in [0.717, 1.165) is 17.8 Å². The van der Waals surface area contributed by atoms with Crippen molar-refractivity contribution in [3.05, 3.63) is 11.6 Å². The molecule has 0 saturated heterocycles. The van der Waals surface area contributed by atoms with Gasteiger partial charge in [-0.25, -0.2) is 0 Å². The van der Waals surface area contributed by atoms with E-state index in [0.29, 0.717) is 0 Å². The minimum Gasteiger partial charge on any atom is -0.0856 e. The lowest BCUT2D eigenvalue weighted by Gasteiger charge is -2.14. The Balaban J connectivity index is 3.52. The Morgan fingerprint density at radius 1 is 0.800 bits per heavy atom. The Hall–Kier alpha value is -0.260. The van der Waals surface area contributed by atoms with Gasteiger partial charge in [0.1, 0.15) is 0 Å². The van der Waals surface area contributed by atoms with Crippen LogP contribution in [0.25, 0.3) is 0 Å². The highest BCUT2D eigenvalue weighted by Crippen LogP contribution is 2.21. The molecule has 0 aliphatic heterocycles. The van der Waals surface area contributed by atoms with Gasteiger partial charge in [0.2, 0.25) is 0 Å². The minimum absolute atomic E-state index is 0.877. The molecule has 0 rings (SSSR count). The van der Waals surface area contributed by atoms with Gasteiger partial charge in [0.15, 0.2) is 0 Å². The van der Waals surface area contributed by atoms with E-state index in [4.69, 9.17) is 0 Å². The van der Waals surface area contributed by atoms with Crippen molar-refractivity contribution in [2.45, 2.75) is 99.3 Å². The molecule has 0 aromatic heterocycles. The molecule has 0 aliphatic rings. The second-order valence-corrected chi connectivity index (χ2v) is 7.45. The third-order valence-corrected chi connectivity index (χ3v) is 4.58. The predicted octanol–water partition coefficient (Wildman–Crippen LogP) is 7.39. The molecular weight excluding hydrogens is 240 g/mol. The Morgan fingerprint density at radius 3 is 1.80 bits per heavy atom. The van der Waals surface area contributed by atoms with Crippen molar-refractivity contribution in [1.82, 2.24) is 0 Å². The molecule has 0 N–H and O–H groups in total. The fraction of sp³-hybridized carbons (Fsp3) is 0.900. The van der Waals surface area contributed by atoms with Crippen LogP contribution in [0.1, 0.15) is 99.3 Å². The predicted molar refractivity (Wildman–Crippen MR) is 94.2 cm³/mol. The summed E-state index contributed by atoms with van der Waals surface area (Å²) < 4.78 is 0. The molecule has 0 heteroatoms. The standard InChI is InChI=1S/C20H40/c1-7-18(4)12-9-14-20(6)16-10-15-19(5)13-8-11-17(2)3/h12,17,19-20H,7-11,13-16H2,1-6H3. The average Bonchev–Trinajstić information content (AvgIpc) is 2.38. The van der Waals surface area contributed by atoms with Crippen molar-refractivity contribution in [3.8, 4) is 0 Å². The average molecular weight is 281 g/mol. The molecule has 120 valence electrons. The van der Waals surface area contributed by atoms with Crippen molar-refractivity contribution >= 4 is 0 Å². The molecule has 0 fully saturated rings. The molecule has 0 nitrogen and oxygen atoms in total. The van der Waals surface area contributed by atoms with Crippen molar-refractivity contribution in [1.29, 1.82) is 0 Å². The fourth-order valence-electron chi connectivity index (χ4n) is 2.74. The summed E-state index contributed by atoms with van der Waals surface area (Å²) in [5.41, 5.74) is 1.55. The van der Waals surface area contributed by atoms with Gasteiger partial charge in [0.05, 0.1) is 0 Å². The summed E-state index contributed by atoms with van der Waals surface area (Å²) in [5.74, 6) is 2.71. The van der Waals surface area contributed by atoms with Crippen LogP contribution in [0.4, 0.5) is 0 Å². The van der Waals surface area contributed by atoms with Gasteiger partial charge in [-0.15, -0.1) is 0 Å². The lowest BCUT2D eigenvalue weighted by Crippen LogP contribution is -2.00. The molecule has 0 aromatic carbocycles. The summed E-state index contributed by atoms with van der Waals surface area (Å²) in [6.45, 7) is 14.0. The summed E-state index contributed by atoms with van der Waals surface area (Å²) in [6, 6.07) is 0. The first-order valence-corrected chi connectivity index (χ1v) is 9.11. The van der Waals surface area contributed by atoms with Crippen LogP contribution < -0.4 is 0 Å². The van der Waals surface area contributed by atoms with E-state index in [1.54, 1.807) is 5.57 Å². The van der Waals surface area contributed by atoms with Gasteiger partial charge in [-0.05, 0) is 43.9 Å². The molecule has 2 unspecified atom stereocenters. The van der Waals surface area contributed by atoms with Crippen LogP contribution in [-0.2, 0) is 0 Å².